The van der Waals surface area contributed by atoms with Gasteiger partial charge in [-0.15, -0.1) is 0 Å². The zero-order valence-electron chi connectivity index (χ0n) is 16.2. The quantitative estimate of drug-likeness (QED) is 0.539. The zero-order chi connectivity index (χ0) is 20.5. The van der Waals surface area contributed by atoms with E-state index in [4.69, 9.17) is 4.74 Å². The van der Waals surface area contributed by atoms with Crippen LogP contribution >= 0.6 is 0 Å². The van der Waals surface area contributed by atoms with Crippen molar-refractivity contribution >= 4 is 23.5 Å². The smallest absolute Gasteiger partial charge is 0.326 e. The molecule has 0 heterocycles. The lowest BCUT2D eigenvalue weighted by molar-refractivity contribution is 0.257. The molecule has 0 saturated heterocycles. The van der Waals surface area contributed by atoms with Gasteiger partial charge in [0, 0.05) is 12.2 Å². The molecule has 3 rings (SSSR count). The number of benzene rings is 3. The molecule has 3 aromatic carbocycles. The standard InChI is InChI=1S/C24H23FN2O2/c1-2-29-21-16-14-20(15-17-21)27(18-8-11-19-9-4-3-5-10-19)24(28)26-23-13-7-6-12-22(23)25/h3-17H,2,18H2,1H3,(H,26,28)/b11-8+. The summed E-state index contributed by atoms with van der Waals surface area (Å²) >= 11 is 0. The number of ether oxygens (including phenoxy) is 1. The summed E-state index contributed by atoms with van der Waals surface area (Å²) in [7, 11) is 0. The lowest BCUT2D eigenvalue weighted by Gasteiger charge is -2.22. The molecule has 5 heteroatoms. The highest BCUT2D eigenvalue weighted by atomic mass is 19.1. The van der Waals surface area contributed by atoms with Crippen molar-refractivity contribution in [2.45, 2.75) is 6.92 Å². The van der Waals surface area contributed by atoms with Crippen LogP contribution in [0.3, 0.4) is 0 Å². The van der Waals surface area contributed by atoms with Crippen molar-refractivity contribution in [2.24, 2.45) is 0 Å². The molecule has 29 heavy (non-hydrogen) atoms. The van der Waals surface area contributed by atoms with Gasteiger partial charge in [0.15, 0.2) is 0 Å². The predicted octanol–water partition coefficient (Wildman–Crippen LogP) is 5.98. The van der Waals surface area contributed by atoms with E-state index < -0.39 is 11.8 Å². The number of para-hydroxylation sites is 1. The Labute approximate surface area is 170 Å². The van der Waals surface area contributed by atoms with Crippen LogP contribution < -0.4 is 15.0 Å². The monoisotopic (exact) mass is 390 g/mol. The number of carbonyl (C=O) groups excluding carboxylic acids is 1. The van der Waals surface area contributed by atoms with Crippen LogP contribution in [0, 0.1) is 5.82 Å². The third kappa shape index (κ3) is 5.69. The molecule has 2 amide bonds. The Hall–Kier alpha value is -3.60. The van der Waals surface area contributed by atoms with Gasteiger partial charge in [-0.25, -0.2) is 9.18 Å². The third-order valence-corrected chi connectivity index (χ3v) is 4.22. The number of nitrogens with one attached hydrogen (secondary N) is 1. The van der Waals surface area contributed by atoms with E-state index in [-0.39, 0.29) is 5.69 Å². The van der Waals surface area contributed by atoms with Crippen molar-refractivity contribution in [3.8, 4) is 5.75 Å². The molecular weight excluding hydrogens is 367 g/mol. The van der Waals surface area contributed by atoms with E-state index in [1.54, 1.807) is 17.0 Å². The van der Waals surface area contributed by atoms with Gasteiger partial charge in [-0.2, -0.15) is 0 Å². The van der Waals surface area contributed by atoms with Gasteiger partial charge in [-0.1, -0.05) is 54.6 Å². The van der Waals surface area contributed by atoms with Crippen molar-refractivity contribution in [2.75, 3.05) is 23.4 Å². The summed E-state index contributed by atoms with van der Waals surface area (Å²) in [5.74, 6) is 0.248. The van der Waals surface area contributed by atoms with Crippen LogP contribution in [-0.2, 0) is 0 Å². The van der Waals surface area contributed by atoms with Crippen molar-refractivity contribution in [3.63, 3.8) is 0 Å². The Morgan fingerprint density at radius 3 is 2.38 bits per heavy atom. The first-order valence-electron chi connectivity index (χ1n) is 9.45. The zero-order valence-corrected chi connectivity index (χ0v) is 16.2. The Balaban J connectivity index is 1.81. The molecule has 0 aliphatic carbocycles. The highest BCUT2D eigenvalue weighted by molar-refractivity contribution is 6.02. The third-order valence-electron chi connectivity index (χ3n) is 4.22. The Kier molecular flexibility index (Phi) is 7.00. The number of carbonyl (C=O) groups is 1. The SMILES string of the molecule is CCOc1ccc(N(C/C=C/c2ccccc2)C(=O)Nc2ccccc2F)cc1. The molecule has 4 nitrogen and oxygen atoms in total. The minimum absolute atomic E-state index is 0.139. The summed E-state index contributed by atoms with van der Waals surface area (Å²) in [6.07, 6.45) is 3.84. The highest BCUT2D eigenvalue weighted by Crippen LogP contribution is 2.22. The van der Waals surface area contributed by atoms with Gasteiger partial charge in [-0.3, -0.25) is 4.90 Å². The largest absolute Gasteiger partial charge is 0.494 e. The summed E-state index contributed by atoms with van der Waals surface area (Å²) in [6.45, 7) is 2.80. The van der Waals surface area contributed by atoms with Gasteiger partial charge < -0.3 is 10.1 Å². The van der Waals surface area contributed by atoms with E-state index in [9.17, 15) is 9.18 Å². The summed E-state index contributed by atoms with van der Waals surface area (Å²) < 4.78 is 19.4. The lowest BCUT2D eigenvalue weighted by atomic mass is 10.2. The number of nitrogens with zero attached hydrogens (tertiary/aromatic N) is 1. The van der Waals surface area contributed by atoms with Gasteiger partial charge in [-0.05, 0) is 48.9 Å². The van der Waals surface area contributed by atoms with Crippen LogP contribution in [-0.4, -0.2) is 19.2 Å². The number of amides is 2. The Morgan fingerprint density at radius 2 is 1.69 bits per heavy atom. The second-order valence-corrected chi connectivity index (χ2v) is 6.26. The minimum atomic E-state index is -0.479. The maximum absolute atomic E-state index is 14.0. The first-order valence-corrected chi connectivity index (χ1v) is 9.45. The predicted molar refractivity (Wildman–Crippen MR) is 116 cm³/mol. The maximum atomic E-state index is 14.0. The number of hydrogen-bond acceptors (Lipinski definition) is 2. The molecule has 3 aromatic rings. The molecule has 0 atom stereocenters. The minimum Gasteiger partial charge on any atom is -0.494 e. The molecule has 148 valence electrons. The van der Waals surface area contributed by atoms with Gasteiger partial charge in [0.25, 0.3) is 0 Å². The van der Waals surface area contributed by atoms with E-state index in [2.05, 4.69) is 5.32 Å². The van der Waals surface area contributed by atoms with E-state index >= 15 is 0 Å². The summed E-state index contributed by atoms with van der Waals surface area (Å²) in [4.78, 5) is 14.4. The van der Waals surface area contributed by atoms with Crippen molar-refractivity contribution in [1.29, 1.82) is 0 Å². The Bertz CT molecular complexity index is 956. The molecular formula is C24H23FN2O2. The first kappa shape index (κ1) is 20.1. The average Bonchev–Trinajstić information content (AvgIpc) is 2.74. The number of anilines is 2. The van der Waals surface area contributed by atoms with Crippen LogP contribution in [0.5, 0.6) is 5.75 Å². The van der Waals surface area contributed by atoms with Crippen molar-refractivity contribution in [1.82, 2.24) is 0 Å². The maximum Gasteiger partial charge on any atom is 0.326 e. The van der Waals surface area contributed by atoms with Crippen LogP contribution in [0.2, 0.25) is 0 Å². The number of urea groups is 1. The summed E-state index contributed by atoms with van der Waals surface area (Å²) in [6, 6.07) is 22.7. The normalized spacial score (nSPS) is 10.7. The second kappa shape index (κ2) is 10.1. The molecule has 0 spiro atoms. The fraction of sp³-hybridized carbons (Fsp3) is 0.125. The van der Waals surface area contributed by atoms with Crippen LogP contribution in [0.15, 0.2) is 84.9 Å². The Morgan fingerprint density at radius 1 is 1.00 bits per heavy atom. The van der Waals surface area contributed by atoms with Gasteiger partial charge >= 0.3 is 6.03 Å². The lowest BCUT2D eigenvalue weighted by Crippen LogP contribution is -2.35. The molecule has 0 radical (unpaired) electrons. The molecule has 0 saturated carbocycles. The topological polar surface area (TPSA) is 41.6 Å². The number of hydrogen-bond donors (Lipinski definition) is 1. The molecule has 0 aliphatic heterocycles. The van der Waals surface area contributed by atoms with Crippen molar-refractivity contribution in [3.05, 3.63) is 96.3 Å². The van der Waals surface area contributed by atoms with E-state index in [0.717, 1.165) is 11.3 Å². The van der Waals surface area contributed by atoms with E-state index in [1.165, 1.54) is 12.1 Å². The van der Waals surface area contributed by atoms with Crippen LogP contribution in [0.4, 0.5) is 20.6 Å². The molecule has 0 unspecified atom stereocenters. The molecule has 0 fully saturated rings. The highest BCUT2D eigenvalue weighted by Gasteiger charge is 2.16. The van der Waals surface area contributed by atoms with Gasteiger partial charge in [0.1, 0.15) is 11.6 Å². The average molecular weight is 390 g/mol. The molecule has 0 bridgehead atoms. The van der Waals surface area contributed by atoms with E-state index in [0.29, 0.717) is 18.8 Å². The van der Waals surface area contributed by atoms with Crippen molar-refractivity contribution < 1.29 is 13.9 Å². The second-order valence-electron chi connectivity index (χ2n) is 6.26. The first-order chi connectivity index (χ1) is 14.2. The van der Waals surface area contributed by atoms with E-state index in [1.807, 2.05) is 73.7 Å². The molecule has 0 aliphatic rings. The number of halogens is 1. The number of rotatable bonds is 7. The molecule has 1 N–H and O–H groups in total. The van der Waals surface area contributed by atoms with Gasteiger partial charge in [0.2, 0.25) is 0 Å². The van der Waals surface area contributed by atoms with Gasteiger partial charge in [0.05, 0.1) is 12.3 Å². The van der Waals surface area contributed by atoms with Crippen LogP contribution in [0.25, 0.3) is 6.08 Å². The van der Waals surface area contributed by atoms with Crippen LogP contribution in [0.1, 0.15) is 12.5 Å². The summed E-state index contributed by atoms with van der Waals surface area (Å²) in [5, 5.41) is 2.64. The fourth-order valence-corrected chi connectivity index (χ4v) is 2.80. The molecule has 0 aromatic heterocycles. The fourth-order valence-electron chi connectivity index (χ4n) is 2.80. The summed E-state index contributed by atoms with van der Waals surface area (Å²) in [5.41, 5.74) is 1.86.